The Hall–Kier alpha value is -1.75. The SMILES string of the molecule is COc1cc(N)cn2cc(C3CCOCC3)nc12. The van der Waals surface area contributed by atoms with Gasteiger partial charge in [-0.15, -0.1) is 0 Å². The number of nitrogen functional groups attached to an aromatic ring is 1. The average Bonchev–Trinajstić information content (AvgIpc) is 2.82. The summed E-state index contributed by atoms with van der Waals surface area (Å²) in [6.07, 6.45) is 5.97. The Morgan fingerprint density at radius 2 is 2.17 bits per heavy atom. The van der Waals surface area contributed by atoms with Crippen LogP contribution in [-0.2, 0) is 4.74 Å². The highest BCUT2D eigenvalue weighted by Gasteiger charge is 2.19. The summed E-state index contributed by atoms with van der Waals surface area (Å²) in [4.78, 5) is 4.68. The number of ether oxygens (including phenoxy) is 2. The molecule has 0 radical (unpaired) electrons. The number of hydrogen-bond donors (Lipinski definition) is 1. The Labute approximate surface area is 106 Å². The fourth-order valence-electron chi connectivity index (χ4n) is 2.45. The first kappa shape index (κ1) is 11.3. The number of methoxy groups -OCH3 is 1. The number of nitrogens with zero attached hydrogens (tertiary/aromatic N) is 2. The Bertz CT molecular complexity index is 559. The standard InChI is InChI=1S/C13H17N3O2/c1-17-12-6-10(14)7-16-8-11(15-13(12)16)9-2-4-18-5-3-9/h6-9H,2-5,14H2,1H3. The van der Waals surface area contributed by atoms with E-state index in [-0.39, 0.29) is 0 Å². The van der Waals surface area contributed by atoms with Gasteiger partial charge in [0.1, 0.15) is 0 Å². The minimum Gasteiger partial charge on any atom is -0.493 e. The van der Waals surface area contributed by atoms with E-state index in [0.717, 1.165) is 37.4 Å². The summed E-state index contributed by atoms with van der Waals surface area (Å²) in [5, 5.41) is 0. The summed E-state index contributed by atoms with van der Waals surface area (Å²) in [5.41, 5.74) is 8.44. The predicted octanol–water partition coefficient (Wildman–Crippen LogP) is 1.82. The molecule has 5 heteroatoms. The van der Waals surface area contributed by atoms with Crippen LogP contribution in [0.5, 0.6) is 5.75 Å². The molecule has 1 saturated heterocycles. The summed E-state index contributed by atoms with van der Waals surface area (Å²) >= 11 is 0. The maximum Gasteiger partial charge on any atom is 0.180 e. The molecule has 1 fully saturated rings. The van der Waals surface area contributed by atoms with Crippen molar-refractivity contribution in [2.45, 2.75) is 18.8 Å². The summed E-state index contributed by atoms with van der Waals surface area (Å²) in [6.45, 7) is 1.63. The van der Waals surface area contributed by atoms with Crippen molar-refractivity contribution in [2.75, 3.05) is 26.1 Å². The molecule has 2 aromatic rings. The zero-order valence-electron chi connectivity index (χ0n) is 10.4. The molecule has 2 aromatic heterocycles. The zero-order chi connectivity index (χ0) is 12.5. The van der Waals surface area contributed by atoms with Crippen molar-refractivity contribution in [3.8, 4) is 5.75 Å². The number of rotatable bonds is 2. The van der Waals surface area contributed by atoms with Gasteiger partial charge in [-0.2, -0.15) is 0 Å². The van der Waals surface area contributed by atoms with Crippen molar-refractivity contribution >= 4 is 11.3 Å². The number of anilines is 1. The van der Waals surface area contributed by atoms with E-state index in [1.165, 1.54) is 0 Å². The van der Waals surface area contributed by atoms with E-state index in [1.54, 1.807) is 13.2 Å². The summed E-state index contributed by atoms with van der Waals surface area (Å²) in [6, 6.07) is 1.80. The molecule has 0 bridgehead atoms. The van der Waals surface area contributed by atoms with E-state index >= 15 is 0 Å². The molecule has 1 aliphatic heterocycles. The molecule has 96 valence electrons. The molecule has 0 aromatic carbocycles. The molecule has 0 aliphatic carbocycles. The largest absolute Gasteiger partial charge is 0.493 e. The maximum absolute atomic E-state index is 5.84. The molecule has 0 unspecified atom stereocenters. The first-order valence-electron chi connectivity index (χ1n) is 6.18. The fraction of sp³-hybridized carbons (Fsp3) is 0.462. The molecule has 0 amide bonds. The van der Waals surface area contributed by atoms with Gasteiger partial charge >= 0.3 is 0 Å². The van der Waals surface area contributed by atoms with Gasteiger partial charge in [0.25, 0.3) is 0 Å². The van der Waals surface area contributed by atoms with Crippen LogP contribution in [0.15, 0.2) is 18.5 Å². The Morgan fingerprint density at radius 3 is 2.89 bits per heavy atom. The summed E-state index contributed by atoms with van der Waals surface area (Å²) < 4.78 is 12.6. The summed E-state index contributed by atoms with van der Waals surface area (Å²) in [7, 11) is 1.64. The van der Waals surface area contributed by atoms with Gasteiger partial charge in [-0.3, -0.25) is 0 Å². The molecule has 3 rings (SSSR count). The van der Waals surface area contributed by atoms with Crippen LogP contribution in [0.1, 0.15) is 24.5 Å². The average molecular weight is 247 g/mol. The molecular weight excluding hydrogens is 230 g/mol. The van der Waals surface area contributed by atoms with Crippen molar-refractivity contribution in [3.05, 3.63) is 24.2 Å². The van der Waals surface area contributed by atoms with Crippen molar-refractivity contribution < 1.29 is 9.47 Å². The first-order valence-corrected chi connectivity index (χ1v) is 6.18. The number of hydrogen-bond acceptors (Lipinski definition) is 4. The van der Waals surface area contributed by atoms with Gasteiger partial charge < -0.3 is 19.6 Å². The Morgan fingerprint density at radius 1 is 1.39 bits per heavy atom. The van der Waals surface area contributed by atoms with Gasteiger partial charge in [0.05, 0.1) is 18.5 Å². The Balaban J connectivity index is 2.04. The predicted molar refractivity (Wildman–Crippen MR) is 69.0 cm³/mol. The highest BCUT2D eigenvalue weighted by atomic mass is 16.5. The molecule has 3 heterocycles. The normalized spacial score (nSPS) is 17.2. The van der Waals surface area contributed by atoms with Crippen LogP contribution in [0.25, 0.3) is 5.65 Å². The van der Waals surface area contributed by atoms with Crippen molar-refractivity contribution in [1.29, 1.82) is 0 Å². The molecule has 5 nitrogen and oxygen atoms in total. The lowest BCUT2D eigenvalue weighted by molar-refractivity contribution is 0.0846. The first-order chi connectivity index (χ1) is 8.78. The van der Waals surface area contributed by atoms with Crippen molar-refractivity contribution in [3.63, 3.8) is 0 Å². The van der Waals surface area contributed by atoms with E-state index < -0.39 is 0 Å². The lowest BCUT2D eigenvalue weighted by Crippen LogP contribution is -2.14. The highest BCUT2D eigenvalue weighted by Crippen LogP contribution is 2.29. The van der Waals surface area contributed by atoms with Gasteiger partial charge in [-0.05, 0) is 12.8 Å². The van der Waals surface area contributed by atoms with Gasteiger partial charge in [0, 0.05) is 37.6 Å². The van der Waals surface area contributed by atoms with E-state index in [2.05, 4.69) is 4.98 Å². The van der Waals surface area contributed by atoms with Crippen molar-refractivity contribution in [2.24, 2.45) is 0 Å². The molecule has 1 aliphatic rings. The maximum atomic E-state index is 5.84. The van der Waals surface area contributed by atoms with Crippen molar-refractivity contribution in [1.82, 2.24) is 9.38 Å². The number of fused-ring (bicyclic) bond motifs is 1. The number of imidazole rings is 1. The second-order valence-corrected chi connectivity index (χ2v) is 4.63. The molecule has 2 N–H and O–H groups in total. The third-order valence-electron chi connectivity index (χ3n) is 3.42. The van der Waals surface area contributed by atoms with Crippen LogP contribution >= 0.6 is 0 Å². The van der Waals surface area contributed by atoms with Gasteiger partial charge in [0.15, 0.2) is 11.4 Å². The zero-order valence-corrected chi connectivity index (χ0v) is 10.4. The van der Waals surface area contributed by atoms with E-state index in [1.807, 2.05) is 16.8 Å². The third-order valence-corrected chi connectivity index (χ3v) is 3.42. The second-order valence-electron chi connectivity index (χ2n) is 4.63. The van der Waals surface area contributed by atoms with E-state index in [9.17, 15) is 0 Å². The Kier molecular flexibility index (Phi) is 2.83. The number of pyridine rings is 1. The van der Waals surface area contributed by atoms with E-state index in [4.69, 9.17) is 15.2 Å². The minimum absolute atomic E-state index is 0.476. The number of nitrogens with two attached hydrogens (primary N) is 1. The van der Waals surface area contributed by atoms with Crippen LogP contribution in [-0.4, -0.2) is 29.7 Å². The third kappa shape index (κ3) is 1.90. The highest BCUT2D eigenvalue weighted by molar-refractivity contribution is 5.60. The fourth-order valence-corrected chi connectivity index (χ4v) is 2.45. The number of aromatic nitrogens is 2. The van der Waals surface area contributed by atoms with Crippen LogP contribution in [0.3, 0.4) is 0 Å². The smallest absolute Gasteiger partial charge is 0.180 e. The van der Waals surface area contributed by atoms with Crippen LogP contribution in [0.4, 0.5) is 5.69 Å². The molecule has 0 saturated carbocycles. The van der Waals surface area contributed by atoms with Gasteiger partial charge in [-0.1, -0.05) is 0 Å². The van der Waals surface area contributed by atoms with Gasteiger partial charge in [0.2, 0.25) is 0 Å². The lowest BCUT2D eigenvalue weighted by atomic mass is 9.97. The minimum atomic E-state index is 0.476. The topological polar surface area (TPSA) is 61.8 Å². The second kappa shape index (κ2) is 4.49. The molecule has 0 atom stereocenters. The van der Waals surface area contributed by atoms with Gasteiger partial charge in [-0.25, -0.2) is 4.98 Å². The van der Waals surface area contributed by atoms with Crippen LogP contribution in [0, 0.1) is 0 Å². The van der Waals surface area contributed by atoms with E-state index in [0.29, 0.717) is 17.4 Å². The monoisotopic (exact) mass is 247 g/mol. The van der Waals surface area contributed by atoms with Crippen LogP contribution in [0.2, 0.25) is 0 Å². The lowest BCUT2D eigenvalue weighted by Gasteiger charge is -2.19. The quantitative estimate of drug-likeness (QED) is 0.879. The van der Waals surface area contributed by atoms with Crippen LogP contribution < -0.4 is 10.5 Å². The molecule has 0 spiro atoms. The molecule has 18 heavy (non-hydrogen) atoms. The summed E-state index contributed by atoms with van der Waals surface area (Å²) in [5.74, 6) is 1.19. The molecular formula is C13H17N3O2.